The van der Waals surface area contributed by atoms with Crippen LogP contribution in [0.4, 0.5) is 10.1 Å². The third kappa shape index (κ3) is 2.80. The smallest absolute Gasteiger partial charge is 0.142 e. The first-order chi connectivity index (χ1) is 13.7. The van der Waals surface area contributed by atoms with Crippen molar-refractivity contribution in [2.75, 3.05) is 12.4 Å². The Bertz CT molecular complexity index is 1030. The molecule has 5 heteroatoms. The van der Waals surface area contributed by atoms with Crippen molar-refractivity contribution in [3.63, 3.8) is 0 Å². The second-order valence-electron chi connectivity index (χ2n) is 7.06. The third-order valence-corrected chi connectivity index (χ3v) is 5.43. The van der Waals surface area contributed by atoms with E-state index in [1.54, 1.807) is 19.2 Å². The van der Waals surface area contributed by atoms with Gasteiger partial charge in [0.05, 0.1) is 18.9 Å². The first kappa shape index (κ1) is 16.8. The Morgan fingerprint density at radius 3 is 2.50 bits per heavy atom. The van der Waals surface area contributed by atoms with Gasteiger partial charge in [-0.25, -0.2) is 4.39 Å². The first-order valence-corrected chi connectivity index (χ1v) is 9.34. The molecule has 140 valence electrons. The Balaban J connectivity index is 1.56. The lowest BCUT2D eigenvalue weighted by Crippen LogP contribution is -2.35. The van der Waals surface area contributed by atoms with E-state index < -0.39 is 0 Å². The van der Waals surface area contributed by atoms with Gasteiger partial charge < -0.3 is 10.1 Å². The molecule has 4 nitrogen and oxygen atoms in total. The second kappa shape index (κ2) is 6.68. The molecule has 0 amide bonds. The summed E-state index contributed by atoms with van der Waals surface area (Å²) in [5, 5.41) is 10.7. The fraction of sp³-hybridized carbons (Fsp3) is 0.174. The maximum atomic E-state index is 13.3. The Morgan fingerprint density at radius 1 is 1.00 bits per heavy atom. The maximum absolute atomic E-state index is 13.3. The second-order valence-corrected chi connectivity index (χ2v) is 7.06. The van der Waals surface area contributed by atoms with Crippen LogP contribution in [0, 0.1) is 5.82 Å². The van der Waals surface area contributed by atoms with Crippen LogP contribution in [0.1, 0.15) is 35.3 Å². The molecule has 2 aliphatic rings. The molecule has 28 heavy (non-hydrogen) atoms. The minimum Gasteiger partial charge on any atom is -0.497 e. The number of methoxy groups -OCH3 is 1. The van der Waals surface area contributed by atoms with E-state index in [0.29, 0.717) is 0 Å². The van der Waals surface area contributed by atoms with Crippen LogP contribution in [-0.2, 0) is 0 Å². The molecule has 0 saturated carbocycles. The summed E-state index contributed by atoms with van der Waals surface area (Å²) in [7, 11) is 1.67. The summed E-state index contributed by atoms with van der Waals surface area (Å²) in [6, 6.07) is 23.1. The summed E-state index contributed by atoms with van der Waals surface area (Å²) < 4.78 is 18.6. The first-order valence-electron chi connectivity index (χ1n) is 9.34. The lowest BCUT2D eigenvalue weighted by atomic mass is 9.94. The fourth-order valence-electron chi connectivity index (χ4n) is 3.99. The highest BCUT2D eigenvalue weighted by molar-refractivity contribution is 6.02. The van der Waals surface area contributed by atoms with Crippen LogP contribution in [0.15, 0.2) is 77.9 Å². The van der Waals surface area contributed by atoms with Gasteiger partial charge in [-0.05, 0) is 47.0 Å². The molecule has 2 aliphatic heterocycles. The van der Waals surface area contributed by atoms with E-state index in [0.717, 1.165) is 34.7 Å². The standard InChI is InChI=1S/C23H20FN3O/c1-28-18-12-8-16(9-13-18)23-25-20-5-3-2-4-19(20)22-14-21(26-27(22)23)15-6-10-17(24)11-7-15/h2-13,22-23,25H,14H2,1H3/t22-,23+/m0/s1. The molecule has 1 N–H and O–H groups in total. The molecule has 2 heterocycles. The largest absolute Gasteiger partial charge is 0.497 e. The number of rotatable bonds is 3. The Morgan fingerprint density at radius 2 is 1.75 bits per heavy atom. The maximum Gasteiger partial charge on any atom is 0.142 e. The highest BCUT2D eigenvalue weighted by Gasteiger charge is 2.39. The van der Waals surface area contributed by atoms with Gasteiger partial charge in [0.2, 0.25) is 0 Å². The van der Waals surface area contributed by atoms with Crippen LogP contribution < -0.4 is 10.1 Å². The Labute approximate surface area is 163 Å². The van der Waals surface area contributed by atoms with Gasteiger partial charge in [0.15, 0.2) is 0 Å². The van der Waals surface area contributed by atoms with E-state index in [1.807, 2.05) is 18.2 Å². The van der Waals surface area contributed by atoms with E-state index in [9.17, 15) is 4.39 Å². The number of para-hydroxylation sites is 1. The lowest BCUT2D eigenvalue weighted by molar-refractivity contribution is 0.169. The van der Waals surface area contributed by atoms with E-state index in [-0.39, 0.29) is 18.0 Å². The quantitative estimate of drug-likeness (QED) is 0.693. The molecule has 0 aliphatic carbocycles. The zero-order valence-corrected chi connectivity index (χ0v) is 15.5. The molecular formula is C23H20FN3O. The van der Waals surface area contributed by atoms with Crippen molar-refractivity contribution in [1.29, 1.82) is 0 Å². The van der Waals surface area contributed by atoms with Crippen molar-refractivity contribution in [1.82, 2.24) is 5.01 Å². The van der Waals surface area contributed by atoms with E-state index in [1.165, 1.54) is 17.7 Å². The molecule has 2 atom stereocenters. The molecule has 0 bridgehead atoms. The van der Waals surface area contributed by atoms with Crippen LogP contribution >= 0.6 is 0 Å². The van der Waals surface area contributed by atoms with E-state index in [4.69, 9.17) is 9.84 Å². The monoisotopic (exact) mass is 373 g/mol. The highest BCUT2D eigenvalue weighted by Crippen LogP contribution is 2.46. The predicted molar refractivity (Wildman–Crippen MR) is 108 cm³/mol. The number of nitrogens with zero attached hydrogens (tertiary/aromatic N) is 2. The van der Waals surface area contributed by atoms with Gasteiger partial charge in [0, 0.05) is 12.1 Å². The summed E-state index contributed by atoms with van der Waals surface area (Å²) in [5.74, 6) is 0.594. The van der Waals surface area contributed by atoms with Crippen molar-refractivity contribution in [3.05, 3.63) is 95.3 Å². The molecule has 5 rings (SSSR count). The van der Waals surface area contributed by atoms with Crippen LogP contribution in [0.2, 0.25) is 0 Å². The molecule has 0 saturated heterocycles. The van der Waals surface area contributed by atoms with E-state index in [2.05, 4.69) is 40.7 Å². The van der Waals surface area contributed by atoms with Gasteiger partial charge in [-0.2, -0.15) is 5.10 Å². The van der Waals surface area contributed by atoms with Crippen LogP contribution in [-0.4, -0.2) is 17.8 Å². The van der Waals surface area contributed by atoms with Gasteiger partial charge in [-0.1, -0.05) is 42.5 Å². The van der Waals surface area contributed by atoms with Crippen molar-refractivity contribution < 1.29 is 9.13 Å². The summed E-state index contributed by atoms with van der Waals surface area (Å²) >= 11 is 0. The fourth-order valence-corrected chi connectivity index (χ4v) is 3.99. The topological polar surface area (TPSA) is 36.9 Å². The van der Waals surface area contributed by atoms with Crippen molar-refractivity contribution >= 4 is 11.4 Å². The van der Waals surface area contributed by atoms with Gasteiger partial charge in [-0.15, -0.1) is 0 Å². The van der Waals surface area contributed by atoms with Crippen molar-refractivity contribution in [2.45, 2.75) is 18.6 Å². The van der Waals surface area contributed by atoms with Gasteiger partial charge in [0.25, 0.3) is 0 Å². The zero-order chi connectivity index (χ0) is 19.1. The minimum atomic E-state index is -0.233. The number of fused-ring (bicyclic) bond motifs is 3. The molecular weight excluding hydrogens is 353 g/mol. The number of benzene rings is 3. The van der Waals surface area contributed by atoms with Crippen LogP contribution in [0.3, 0.4) is 0 Å². The summed E-state index contributed by atoms with van der Waals surface area (Å²) in [6.45, 7) is 0. The molecule has 0 spiro atoms. The third-order valence-electron chi connectivity index (χ3n) is 5.43. The van der Waals surface area contributed by atoms with E-state index >= 15 is 0 Å². The zero-order valence-electron chi connectivity index (χ0n) is 15.5. The summed E-state index contributed by atoms with van der Waals surface area (Å²) in [4.78, 5) is 0. The Kier molecular flexibility index (Phi) is 4.01. The average molecular weight is 373 g/mol. The molecule has 3 aromatic carbocycles. The van der Waals surface area contributed by atoms with Crippen molar-refractivity contribution in [3.8, 4) is 5.75 Å². The number of anilines is 1. The predicted octanol–water partition coefficient (Wildman–Crippen LogP) is 5.11. The van der Waals surface area contributed by atoms with Gasteiger partial charge in [-0.3, -0.25) is 5.01 Å². The number of nitrogens with one attached hydrogen (secondary N) is 1. The number of hydrogen-bond acceptors (Lipinski definition) is 4. The number of hydrazone groups is 1. The molecule has 0 aromatic heterocycles. The lowest BCUT2D eigenvalue weighted by Gasteiger charge is -2.39. The summed E-state index contributed by atoms with van der Waals surface area (Å²) in [5.41, 5.74) is 5.40. The van der Waals surface area contributed by atoms with Gasteiger partial charge in [0.1, 0.15) is 17.7 Å². The normalized spacial score (nSPS) is 20.1. The molecule has 0 unspecified atom stereocenters. The SMILES string of the molecule is COc1ccc([C@@H]2Nc3ccccc3[C@@H]3CC(c4ccc(F)cc4)=NN32)cc1. The minimum absolute atomic E-state index is 0.0799. The number of halogens is 1. The highest BCUT2D eigenvalue weighted by atomic mass is 19.1. The van der Waals surface area contributed by atoms with Crippen LogP contribution in [0.25, 0.3) is 0 Å². The molecule has 0 radical (unpaired) electrons. The summed E-state index contributed by atoms with van der Waals surface area (Å²) in [6.07, 6.45) is 0.709. The number of hydrogen-bond donors (Lipinski definition) is 1. The van der Waals surface area contributed by atoms with Gasteiger partial charge >= 0.3 is 0 Å². The Hall–Kier alpha value is -3.34. The molecule has 3 aromatic rings. The molecule has 0 fully saturated rings. The number of ether oxygens (including phenoxy) is 1. The average Bonchev–Trinajstić information content (AvgIpc) is 3.19. The van der Waals surface area contributed by atoms with Crippen LogP contribution in [0.5, 0.6) is 5.75 Å². The van der Waals surface area contributed by atoms with Crippen molar-refractivity contribution in [2.24, 2.45) is 5.10 Å².